The van der Waals surface area contributed by atoms with E-state index in [0.717, 1.165) is 17.3 Å². The van der Waals surface area contributed by atoms with Gasteiger partial charge in [0, 0.05) is 19.3 Å². The average Bonchev–Trinajstić information content (AvgIpc) is 2.85. The summed E-state index contributed by atoms with van der Waals surface area (Å²) in [5.41, 5.74) is 0.00949. The van der Waals surface area contributed by atoms with E-state index in [1.54, 1.807) is 24.9 Å². The smallest absolute Gasteiger partial charge is 0.309 e. The van der Waals surface area contributed by atoms with Crippen LogP contribution >= 0.6 is 11.8 Å². The summed E-state index contributed by atoms with van der Waals surface area (Å²) in [7, 11) is 1.61. The van der Waals surface area contributed by atoms with Crippen molar-refractivity contribution in [1.29, 1.82) is 0 Å². The van der Waals surface area contributed by atoms with Crippen molar-refractivity contribution in [3.05, 3.63) is 33.5 Å². The summed E-state index contributed by atoms with van der Waals surface area (Å²) in [6.07, 6.45) is 6.48. The van der Waals surface area contributed by atoms with Gasteiger partial charge in [0.05, 0.1) is 0 Å². The van der Waals surface area contributed by atoms with Gasteiger partial charge in [0.25, 0.3) is 5.56 Å². The van der Waals surface area contributed by atoms with Crippen LogP contribution < -0.4 is 11.2 Å². The van der Waals surface area contributed by atoms with Gasteiger partial charge < -0.3 is 4.57 Å². The molecule has 0 aliphatic heterocycles. The van der Waals surface area contributed by atoms with Gasteiger partial charge in [0.2, 0.25) is 0 Å². The number of hydrogen-bond donors (Lipinski definition) is 1. The van der Waals surface area contributed by atoms with E-state index >= 15 is 0 Å². The first-order valence-electron chi connectivity index (χ1n) is 7.53. The Labute approximate surface area is 133 Å². The molecule has 6 nitrogen and oxygen atoms in total. The lowest BCUT2D eigenvalue weighted by Crippen LogP contribution is -2.29. The van der Waals surface area contributed by atoms with Crippen LogP contribution in [0, 0.1) is 0 Å². The van der Waals surface area contributed by atoms with Gasteiger partial charge in [-0.1, -0.05) is 44.0 Å². The maximum absolute atomic E-state index is 12.1. The molecule has 0 fully saturated rings. The van der Waals surface area contributed by atoms with Crippen molar-refractivity contribution < 1.29 is 0 Å². The fraction of sp³-hybridized carbons (Fsp3) is 0.533. The third-order valence-corrected chi connectivity index (χ3v) is 4.58. The van der Waals surface area contributed by atoms with Crippen LogP contribution in [0.4, 0.5) is 0 Å². The Balaban J connectivity index is 2.37. The van der Waals surface area contributed by atoms with E-state index < -0.39 is 11.2 Å². The van der Waals surface area contributed by atoms with Gasteiger partial charge in [-0.25, -0.2) is 9.78 Å². The second kappa shape index (κ2) is 7.49. The van der Waals surface area contributed by atoms with Crippen molar-refractivity contribution in [3.63, 3.8) is 0 Å². The Morgan fingerprint density at radius 1 is 1.32 bits per heavy atom. The zero-order chi connectivity index (χ0) is 16.1. The molecule has 2 rings (SSSR count). The molecule has 0 aromatic carbocycles. The summed E-state index contributed by atoms with van der Waals surface area (Å²) < 4.78 is 3.20. The number of nitrogens with one attached hydrogen (secondary N) is 1. The van der Waals surface area contributed by atoms with E-state index in [-0.39, 0.29) is 0 Å². The standard InChI is InChI=1S/C15H22N4O2S/c1-4-6-7-8-10-22-15-16-12-11(19(15)9-5-2)13(20)17-14(21)18(12)3/h5H,2,4,6-10H2,1,3H3,(H,17,20,21). The van der Waals surface area contributed by atoms with Gasteiger partial charge in [-0.15, -0.1) is 6.58 Å². The van der Waals surface area contributed by atoms with Crippen molar-refractivity contribution in [2.75, 3.05) is 5.75 Å². The van der Waals surface area contributed by atoms with Crippen LogP contribution in [0.5, 0.6) is 0 Å². The third-order valence-electron chi connectivity index (χ3n) is 3.51. The molecular formula is C15H22N4O2S. The number of fused-ring (bicyclic) bond motifs is 1. The van der Waals surface area contributed by atoms with Crippen molar-refractivity contribution in [3.8, 4) is 0 Å². The molecule has 0 amide bonds. The highest BCUT2D eigenvalue weighted by Gasteiger charge is 2.16. The highest BCUT2D eigenvalue weighted by Crippen LogP contribution is 2.22. The van der Waals surface area contributed by atoms with E-state index in [1.807, 2.05) is 4.57 Å². The number of aromatic amines is 1. The molecule has 22 heavy (non-hydrogen) atoms. The van der Waals surface area contributed by atoms with Gasteiger partial charge in [-0.3, -0.25) is 14.3 Å². The van der Waals surface area contributed by atoms with Crippen molar-refractivity contribution in [2.45, 2.75) is 44.3 Å². The molecule has 120 valence electrons. The molecule has 0 saturated heterocycles. The minimum absolute atomic E-state index is 0.398. The summed E-state index contributed by atoms with van der Waals surface area (Å²) in [4.78, 5) is 30.6. The maximum Gasteiger partial charge on any atom is 0.329 e. The summed E-state index contributed by atoms with van der Waals surface area (Å²) >= 11 is 1.62. The normalized spacial score (nSPS) is 11.2. The SMILES string of the molecule is C=CCn1c(SCCCCCC)nc2c1c(=O)[nH]c(=O)n2C. The lowest BCUT2D eigenvalue weighted by molar-refractivity contribution is 0.703. The van der Waals surface area contributed by atoms with Crippen molar-refractivity contribution >= 4 is 22.9 Å². The Bertz CT molecular complexity index is 772. The van der Waals surface area contributed by atoms with Crippen LogP contribution in [0.3, 0.4) is 0 Å². The highest BCUT2D eigenvalue weighted by molar-refractivity contribution is 7.99. The molecule has 0 bridgehead atoms. The Kier molecular flexibility index (Phi) is 5.65. The number of aromatic nitrogens is 4. The number of imidazole rings is 1. The molecule has 0 aliphatic rings. The third kappa shape index (κ3) is 3.35. The largest absolute Gasteiger partial charge is 0.329 e. The fourth-order valence-electron chi connectivity index (χ4n) is 2.32. The second-order valence-corrected chi connectivity index (χ2v) is 6.26. The van der Waals surface area contributed by atoms with Crippen LogP contribution in [-0.2, 0) is 13.6 Å². The molecule has 2 heterocycles. The van der Waals surface area contributed by atoms with Crippen LogP contribution in [0.1, 0.15) is 32.6 Å². The number of H-pyrrole nitrogens is 1. The van der Waals surface area contributed by atoms with E-state index in [4.69, 9.17) is 0 Å². The van der Waals surface area contributed by atoms with E-state index in [2.05, 4.69) is 23.5 Å². The molecule has 7 heteroatoms. The summed E-state index contributed by atoms with van der Waals surface area (Å²) in [5.74, 6) is 0.951. The summed E-state index contributed by atoms with van der Waals surface area (Å²) in [6.45, 7) is 6.41. The average molecular weight is 322 g/mol. The zero-order valence-corrected chi connectivity index (χ0v) is 13.9. The van der Waals surface area contributed by atoms with Gasteiger partial charge in [0.15, 0.2) is 16.3 Å². The quantitative estimate of drug-likeness (QED) is 0.460. The van der Waals surface area contributed by atoms with Gasteiger partial charge in [0.1, 0.15) is 0 Å². The van der Waals surface area contributed by atoms with Crippen LogP contribution in [0.2, 0.25) is 0 Å². The van der Waals surface area contributed by atoms with Gasteiger partial charge in [-0.2, -0.15) is 0 Å². The molecule has 2 aromatic rings. The second-order valence-electron chi connectivity index (χ2n) is 5.19. The Hall–Kier alpha value is -1.76. The van der Waals surface area contributed by atoms with E-state index in [0.29, 0.717) is 17.7 Å². The lowest BCUT2D eigenvalue weighted by atomic mass is 10.2. The molecule has 0 spiro atoms. The van der Waals surface area contributed by atoms with Crippen molar-refractivity contribution in [1.82, 2.24) is 19.1 Å². The number of aryl methyl sites for hydroxylation is 1. The first kappa shape index (κ1) is 16.6. The van der Waals surface area contributed by atoms with E-state index in [9.17, 15) is 9.59 Å². The monoisotopic (exact) mass is 322 g/mol. The van der Waals surface area contributed by atoms with Crippen LogP contribution in [-0.4, -0.2) is 24.9 Å². The predicted molar refractivity (Wildman–Crippen MR) is 90.7 cm³/mol. The Morgan fingerprint density at radius 3 is 2.77 bits per heavy atom. The molecule has 0 atom stereocenters. The molecule has 0 saturated carbocycles. The summed E-state index contributed by atoms with van der Waals surface area (Å²) in [5, 5.41) is 0.762. The van der Waals surface area contributed by atoms with Crippen LogP contribution in [0.15, 0.2) is 27.4 Å². The number of nitrogens with zero attached hydrogens (tertiary/aromatic N) is 3. The number of allylic oxidation sites excluding steroid dienone is 1. The van der Waals surface area contributed by atoms with E-state index in [1.165, 1.54) is 23.8 Å². The van der Waals surface area contributed by atoms with Gasteiger partial charge >= 0.3 is 5.69 Å². The fourth-order valence-corrected chi connectivity index (χ4v) is 3.32. The number of rotatable bonds is 8. The Morgan fingerprint density at radius 2 is 2.09 bits per heavy atom. The topological polar surface area (TPSA) is 72.7 Å². The minimum Gasteiger partial charge on any atom is -0.309 e. The first-order valence-corrected chi connectivity index (χ1v) is 8.52. The molecule has 0 unspecified atom stereocenters. The van der Waals surface area contributed by atoms with Gasteiger partial charge in [-0.05, 0) is 6.42 Å². The minimum atomic E-state index is -0.444. The summed E-state index contributed by atoms with van der Waals surface area (Å²) in [6, 6.07) is 0. The molecule has 0 radical (unpaired) electrons. The number of thioether (sulfide) groups is 1. The highest BCUT2D eigenvalue weighted by atomic mass is 32.2. The maximum atomic E-state index is 12.1. The van der Waals surface area contributed by atoms with Crippen LogP contribution in [0.25, 0.3) is 11.2 Å². The molecule has 0 aliphatic carbocycles. The zero-order valence-electron chi connectivity index (χ0n) is 13.1. The number of unbranched alkanes of at least 4 members (excludes halogenated alkanes) is 3. The molecule has 2 aromatic heterocycles. The molecule has 1 N–H and O–H groups in total. The number of hydrogen-bond acceptors (Lipinski definition) is 4. The van der Waals surface area contributed by atoms with Crippen molar-refractivity contribution in [2.24, 2.45) is 7.05 Å². The molecular weight excluding hydrogens is 300 g/mol. The lowest BCUT2D eigenvalue weighted by Gasteiger charge is -2.05. The first-order chi connectivity index (χ1) is 10.6. The predicted octanol–water partition coefficient (Wildman–Crippen LogP) is 2.28.